The highest BCUT2D eigenvalue weighted by Gasteiger charge is 2.35. The molecule has 8 heteroatoms. The van der Waals surface area contributed by atoms with Crippen LogP contribution in [0, 0.1) is 6.92 Å². The van der Waals surface area contributed by atoms with Crippen molar-refractivity contribution >= 4 is 38.3 Å². The Morgan fingerprint density at radius 3 is 2.35 bits per heavy atom. The minimum atomic E-state index is -3.68. The number of hydrogen-bond donors (Lipinski definition) is 1. The molecule has 1 N–H and O–H groups in total. The van der Waals surface area contributed by atoms with Gasteiger partial charge in [0.2, 0.25) is 11.8 Å². The summed E-state index contributed by atoms with van der Waals surface area (Å²) in [4.78, 5) is 28.4. The minimum Gasteiger partial charge on any atom is -0.350 e. The van der Waals surface area contributed by atoms with E-state index in [9.17, 15) is 18.0 Å². The molecule has 3 aromatic carbocycles. The number of aryl methyl sites for hydroxylation is 1. The van der Waals surface area contributed by atoms with Crippen molar-refractivity contribution in [3.63, 3.8) is 0 Å². The molecule has 0 radical (unpaired) electrons. The number of benzene rings is 3. The maximum atomic E-state index is 13.5. The quantitative estimate of drug-likeness (QED) is 0.463. The maximum Gasteiger partial charge on any atom is 0.265 e. The summed E-state index contributed by atoms with van der Waals surface area (Å²) >= 11 is 0. The lowest BCUT2D eigenvalue weighted by molar-refractivity contribution is -0.141. The third-order valence-corrected chi connectivity index (χ3v) is 8.56. The fourth-order valence-corrected chi connectivity index (χ4v) is 6.49. The van der Waals surface area contributed by atoms with Gasteiger partial charge in [0.15, 0.2) is 0 Å². The molecule has 0 saturated carbocycles. The number of sulfonamides is 1. The van der Waals surface area contributed by atoms with Crippen molar-refractivity contribution in [2.24, 2.45) is 0 Å². The van der Waals surface area contributed by atoms with Crippen molar-refractivity contribution in [1.82, 2.24) is 10.2 Å². The molecule has 7 nitrogen and oxygen atoms in total. The van der Waals surface area contributed by atoms with E-state index in [0.717, 1.165) is 21.9 Å². The number of carbonyl (C=O) groups is 2. The molecule has 1 atom stereocenters. The first-order valence-electron chi connectivity index (χ1n) is 12.6. The molecule has 0 saturated heterocycles. The number of hydrogen-bond acceptors (Lipinski definition) is 4. The second kappa shape index (κ2) is 10.2. The van der Waals surface area contributed by atoms with Gasteiger partial charge in [-0.1, -0.05) is 48.5 Å². The van der Waals surface area contributed by atoms with Gasteiger partial charge in [0.1, 0.15) is 6.04 Å². The van der Waals surface area contributed by atoms with Crippen LogP contribution in [0.15, 0.2) is 65.6 Å². The van der Waals surface area contributed by atoms with Gasteiger partial charge in [-0.3, -0.25) is 13.9 Å². The molecule has 0 aromatic heterocycles. The Bertz CT molecular complexity index is 1440. The molecule has 0 spiro atoms. The molecule has 2 amide bonds. The zero-order valence-corrected chi connectivity index (χ0v) is 22.9. The average molecular weight is 522 g/mol. The first-order chi connectivity index (χ1) is 17.4. The molecule has 0 fully saturated rings. The van der Waals surface area contributed by atoms with E-state index in [2.05, 4.69) is 5.32 Å². The SMILES string of the molecule is Cc1ccccc1CN(C(=O)CCCN1c2cccc3cccc(c23)S1(=O)=O)[C@@H](C)C(=O)NC(C)(C)C. The minimum absolute atomic E-state index is 0.122. The van der Waals surface area contributed by atoms with Gasteiger partial charge in [-0.15, -0.1) is 0 Å². The van der Waals surface area contributed by atoms with Crippen molar-refractivity contribution in [2.45, 2.75) is 70.5 Å². The molecule has 1 aliphatic heterocycles. The number of amides is 2. The summed E-state index contributed by atoms with van der Waals surface area (Å²) in [5, 5.41) is 4.57. The first-order valence-corrected chi connectivity index (χ1v) is 14.0. The van der Waals surface area contributed by atoms with Gasteiger partial charge < -0.3 is 10.2 Å². The molecule has 0 unspecified atom stereocenters. The van der Waals surface area contributed by atoms with Gasteiger partial charge in [-0.05, 0) is 69.7 Å². The van der Waals surface area contributed by atoms with Crippen molar-refractivity contribution in [1.29, 1.82) is 0 Å². The average Bonchev–Trinajstić information content (AvgIpc) is 3.05. The molecule has 1 aliphatic rings. The van der Waals surface area contributed by atoms with E-state index in [-0.39, 0.29) is 24.8 Å². The molecule has 0 bridgehead atoms. The lowest BCUT2D eigenvalue weighted by atomic mass is 10.1. The largest absolute Gasteiger partial charge is 0.350 e. The molecular formula is C29H35N3O4S. The Morgan fingerprint density at radius 2 is 1.68 bits per heavy atom. The summed E-state index contributed by atoms with van der Waals surface area (Å²) < 4.78 is 27.9. The smallest absolute Gasteiger partial charge is 0.265 e. The fourth-order valence-electron chi connectivity index (χ4n) is 4.74. The van der Waals surface area contributed by atoms with Gasteiger partial charge in [0, 0.05) is 30.4 Å². The van der Waals surface area contributed by atoms with Crippen LogP contribution in [0.2, 0.25) is 0 Å². The van der Waals surface area contributed by atoms with Crippen LogP contribution in [-0.4, -0.2) is 43.3 Å². The zero-order chi connectivity index (χ0) is 27.0. The fraction of sp³-hybridized carbons (Fsp3) is 0.379. The van der Waals surface area contributed by atoms with Crippen molar-refractivity contribution in [3.05, 3.63) is 71.8 Å². The van der Waals surface area contributed by atoms with Crippen LogP contribution in [0.5, 0.6) is 0 Å². The predicted molar refractivity (Wildman–Crippen MR) is 147 cm³/mol. The summed E-state index contributed by atoms with van der Waals surface area (Å²) in [7, 11) is -3.68. The van der Waals surface area contributed by atoms with Crippen LogP contribution in [0.4, 0.5) is 5.69 Å². The summed E-state index contributed by atoms with van der Waals surface area (Å²) in [6.45, 7) is 9.91. The van der Waals surface area contributed by atoms with Gasteiger partial charge in [0.05, 0.1) is 10.6 Å². The van der Waals surface area contributed by atoms with Crippen molar-refractivity contribution < 1.29 is 18.0 Å². The Kier molecular flexibility index (Phi) is 7.33. The van der Waals surface area contributed by atoms with E-state index >= 15 is 0 Å². The summed E-state index contributed by atoms with van der Waals surface area (Å²) in [6.07, 6.45) is 0.456. The molecule has 37 heavy (non-hydrogen) atoms. The van der Waals surface area contributed by atoms with Crippen LogP contribution in [0.1, 0.15) is 51.7 Å². The summed E-state index contributed by atoms with van der Waals surface area (Å²) in [5.41, 5.74) is 2.23. The number of nitrogens with one attached hydrogen (secondary N) is 1. The molecule has 4 rings (SSSR count). The zero-order valence-electron chi connectivity index (χ0n) is 22.1. The number of carbonyl (C=O) groups excluding carboxylic acids is 2. The molecule has 196 valence electrons. The third kappa shape index (κ3) is 5.49. The summed E-state index contributed by atoms with van der Waals surface area (Å²) in [5.74, 6) is -0.411. The second-order valence-electron chi connectivity index (χ2n) is 10.7. The van der Waals surface area contributed by atoms with E-state index in [0.29, 0.717) is 23.5 Å². The Labute approximate surface area is 219 Å². The number of rotatable bonds is 8. The molecule has 3 aromatic rings. The maximum absolute atomic E-state index is 13.5. The second-order valence-corrected chi connectivity index (χ2v) is 12.5. The van der Waals surface area contributed by atoms with Crippen LogP contribution < -0.4 is 9.62 Å². The van der Waals surface area contributed by atoms with Crippen LogP contribution in [0.25, 0.3) is 10.8 Å². The Balaban J connectivity index is 1.51. The van der Waals surface area contributed by atoms with Crippen LogP contribution >= 0.6 is 0 Å². The van der Waals surface area contributed by atoms with Crippen molar-refractivity contribution in [2.75, 3.05) is 10.8 Å². The van der Waals surface area contributed by atoms with Gasteiger partial charge in [-0.2, -0.15) is 0 Å². The highest BCUT2D eigenvalue weighted by atomic mass is 32.2. The van der Waals surface area contributed by atoms with Crippen LogP contribution in [-0.2, 0) is 26.2 Å². The standard InChI is InChI=1S/C29H35N3O4S/c1-20-11-6-7-12-23(20)19-31(21(2)28(34)30-29(3,4)5)26(33)17-10-18-32-24-15-8-13-22-14-9-16-25(27(22)24)37(32,35)36/h6-9,11-16,21H,10,17-19H2,1-5H3,(H,30,34)/t21-/m0/s1. The number of nitrogens with zero attached hydrogens (tertiary/aromatic N) is 2. The van der Waals surface area contributed by atoms with E-state index in [1.54, 1.807) is 24.0 Å². The lowest BCUT2D eigenvalue weighted by Crippen LogP contribution is -2.52. The monoisotopic (exact) mass is 521 g/mol. The Hall–Kier alpha value is -3.39. The first kappa shape index (κ1) is 26.7. The van der Waals surface area contributed by atoms with Crippen LogP contribution in [0.3, 0.4) is 0 Å². The molecule has 1 heterocycles. The summed E-state index contributed by atoms with van der Waals surface area (Å²) in [6, 6.07) is 18.0. The van der Waals surface area contributed by atoms with E-state index in [1.807, 2.05) is 76.2 Å². The third-order valence-electron chi connectivity index (χ3n) is 6.70. The topological polar surface area (TPSA) is 86.8 Å². The molecular weight excluding hydrogens is 486 g/mol. The van der Waals surface area contributed by atoms with E-state index in [1.165, 1.54) is 4.31 Å². The Morgan fingerprint density at radius 1 is 1.00 bits per heavy atom. The van der Waals surface area contributed by atoms with Crippen molar-refractivity contribution in [3.8, 4) is 0 Å². The van der Waals surface area contributed by atoms with E-state index < -0.39 is 21.6 Å². The van der Waals surface area contributed by atoms with Gasteiger partial charge in [0.25, 0.3) is 10.0 Å². The van der Waals surface area contributed by atoms with Gasteiger partial charge >= 0.3 is 0 Å². The highest BCUT2D eigenvalue weighted by Crippen LogP contribution is 2.42. The highest BCUT2D eigenvalue weighted by molar-refractivity contribution is 7.93. The van der Waals surface area contributed by atoms with E-state index in [4.69, 9.17) is 0 Å². The normalized spacial score (nSPS) is 15.0. The predicted octanol–water partition coefficient (Wildman–Crippen LogP) is 4.77. The number of anilines is 1. The lowest BCUT2D eigenvalue weighted by Gasteiger charge is -2.32. The molecule has 0 aliphatic carbocycles. The van der Waals surface area contributed by atoms with Gasteiger partial charge in [-0.25, -0.2) is 8.42 Å².